The number of anilines is 1. The Labute approximate surface area is 163 Å². The molecule has 1 amide bonds. The van der Waals surface area contributed by atoms with Gasteiger partial charge in [0.25, 0.3) is 0 Å². The molecule has 0 saturated carbocycles. The van der Waals surface area contributed by atoms with Gasteiger partial charge in [-0.2, -0.15) is 5.26 Å². The molecular weight excluding hydrogens is 388 g/mol. The standard InChI is InChI=1S/C16H20N6O7/c1-8-10(21(2)12-9-3-4-18-11(9)19-7-20-12)5-22(13(23)14(24,25)6-17)16(28,29)15(8,26)27/h3-4,7-8,10,24-29H,5H2,1-2H3,(H,18,19,20). The highest BCUT2D eigenvalue weighted by molar-refractivity contribution is 5.88. The number of nitrogens with one attached hydrogen (secondary N) is 1. The van der Waals surface area contributed by atoms with E-state index >= 15 is 0 Å². The highest BCUT2D eigenvalue weighted by atomic mass is 16.6. The minimum atomic E-state index is -3.61. The van der Waals surface area contributed by atoms with E-state index in [2.05, 4.69) is 15.0 Å². The van der Waals surface area contributed by atoms with Crippen molar-refractivity contribution in [1.82, 2.24) is 19.9 Å². The predicted octanol–water partition coefficient (Wildman–Crippen LogP) is -3.24. The van der Waals surface area contributed by atoms with Crippen LogP contribution in [0.1, 0.15) is 6.92 Å². The Morgan fingerprint density at radius 1 is 1.38 bits per heavy atom. The molecule has 0 bridgehead atoms. The summed E-state index contributed by atoms with van der Waals surface area (Å²) in [6.07, 6.45) is 2.88. The summed E-state index contributed by atoms with van der Waals surface area (Å²) in [5, 5.41) is 69.8. The van der Waals surface area contributed by atoms with Crippen molar-refractivity contribution in [3.8, 4) is 6.07 Å². The van der Waals surface area contributed by atoms with Crippen LogP contribution in [0.5, 0.6) is 0 Å². The molecule has 0 radical (unpaired) electrons. The van der Waals surface area contributed by atoms with Gasteiger partial charge in [0.15, 0.2) is 0 Å². The van der Waals surface area contributed by atoms with Crippen molar-refractivity contribution < 1.29 is 35.4 Å². The number of hydrogen-bond acceptors (Lipinski definition) is 11. The molecule has 3 heterocycles. The summed E-state index contributed by atoms with van der Waals surface area (Å²) in [5.41, 5.74) is 0.491. The van der Waals surface area contributed by atoms with E-state index in [1.54, 1.807) is 12.3 Å². The number of carbonyl (C=O) groups excluding carboxylic acids is 1. The number of nitrogens with zero attached hydrogens (tertiary/aromatic N) is 5. The van der Waals surface area contributed by atoms with Crippen LogP contribution >= 0.6 is 0 Å². The van der Waals surface area contributed by atoms with Crippen LogP contribution in [0.2, 0.25) is 0 Å². The van der Waals surface area contributed by atoms with Crippen molar-refractivity contribution >= 4 is 22.8 Å². The second-order valence-electron chi connectivity index (χ2n) is 6.97. The quantitative estimate of drug-likeness (QED) is 0.198. The number of nitriles is 1. The molecule has 0 aliphatic carbocycles. The fourth-order valence-electron chi connectivity index (χ4n) is 3.46. The van der Waals surface area contributed by atoms with Crippen molar-refractivity contribution in [2.45, 2.75) is 30.5 Å². The number of amides is 1. The van der Waals surface area contributed by atoms with Crippen molar-refractivity contribution in [3.63, 3.8) is 0 Å². The summed E-state index contributed by atoms with van der Waals surface area (Å²) in [5.74, 6) is -13.3. The van der Waals surface area contributed by atoms with Crippen LogP contribution in [0.4, 0.5) is 5.82 Å². The van der Waals surface area contributed by atoms with Crippen LogP contribution in [-0.4, -0.2) is 93.5 Å². The monoisotopic (exact) mass is 408 g/mol. The van der Waals surface area contributed by atoms with Gasteiger partial charge in [-0.05, 0) is 6.07 Å². The zero-order chi connectivity index (χ0) is 21.8. The highest BCUT2D eigenvalue weighted by Gasteiger charge is 2.65. The molecule has 2 aromatic rings. The lowest BCUT2D eigenvalue weighted by Gasteiger charge is -2.54. The van der Waals surface area contributed by atoms with Crippen LogP contribution in [0, 0.1) is 17.2 Å². The van der Waals surface area contributed by atoms with Crippen LogP contribution in [0.15, 0.2) is 18.6 Å². The van der Waals surface area contributed by atoms with Crippen molar-refractivity contribution in [2.24, 2.45) is 5.92 Å². The Balaban J connectivity index is 2.06. The summed E-state index contributed by atoms with van der Waals surface area (Å²) in [7, 11) is 1.52. The maximum Gasteiger partial charge on any atom is 0.336 e. The number of aliphatic hydroxyl groups is 6. The summed E-state index contributed by atoms with van der Waals surface area (Å²) in [4.78, 5) is 24.9. The first-order valence-electron chi connectivity index (χ1n) is 8.44. The lowest BCUT2D eigenvalue weighted by Crippen LogP contribution is -2.78. The molecule has 0 aromatic carbocycles. The number of likely N-dealkylation sites (N-methyl/N-ethyl adjacent to an activating group) is 1. The van der Waals surface area contributed by atoms with Gasteiger partial charge in [0.1, 0.15) is 23.9 Å². The van der Waals surface area contributed by atoms with E-state index < -0.39 is 41.9 Å². The zero-order valence-electron chi connectivity index (χ0n) is 15.4. The van der Waals surface area contributed by atoms with Gasteiger partial charge < -0.3 is 40.5 Å². The number of hydrogen-bond donors (Lipinski definition) is 7. The Bertz CT molecular complexity index is 982. The van der Waals surface area contributed by atoms with Gasteiger partial charge in [0.2, 0.25) is 5.79 Å². The normalized spacial score (nSPS) is 23.6. The summed E-state index contributed by atoms with van der Waals surface area (Å²) < 4.78 is 0. The van der Waals surface area contributed by atoms with Gasteiger partial charge in [0.05, 0.1) is 11.4 Å². The third kappa shape index (κ3) is 2.99. The third-order valence-electron chi connectivity index (χ3n) is 5.32. The molecule has 1 aliphatic heterocycles. The van der Waals surface area contributed by atoms with Crippen LogP contribution in [0.25, 0.3) is 11.0 Å². The van der Waals surface area contributed by atoms with E-state index in [4.69, 9.17) is 5.26 Å². The zero-order valence-corrected chi connectivity index (χ0v) is 15.4. The van der Waals surface area contributed by atoms with E-state index in [9.17, 15) is 35.4 Å². The van der Waals surface area contributed by atoms with Gasteiger partial charge in [-0.1, -0.05) is 6.92 Å². The molecule has 3 rings (SSSR count). The van der Waals surface area contributed by atoms with Crippen molar-refractivity contribution in [2.75, 3.05) is 18.5 Å². The molecule has 2 unspecified atom stereocenters. The second-order valence-corrected chi connectivity index (χ2v) is 6.97. The number of likely N-dealkylation sites (tertiary alicyclic amines) is 1. The minimum absolute atomic E-state index is 0.0207. The summed E-state index contributed by atoms with van der Waals surface area (Å²) >= 11 is 0. The minimum Gasteiger partial charge on any atom is -0.360 e. The Kier molecular flexibility index (Phi) is 4.74. The maximum atomic E-state index is 12.3. The van der Waals surface area contributed by atoms with Gasteiger partial charge in [-0.15, -0.1) is 0 Å². The van der Waals surface area contributed by atoms with Gasteiger partial charge in [-0.25, -0.2) is 9.97 Å². The lowest BCUT2D eigenvalue weighted by molar-refractivity contribution is -0.435. The molecule has 2 atom stereocenters. The highest BCUT2D eigenvalue weighted by Crippen LogP contribution is 2.40. The molecule has 1 saturated heterocycles. The molecule has 2 aromatic heterocycles. The Morgan fingerprint density at radius 2 is 2.03 bits per heavy atom. The maximum absolute atomic E-state index is 12.3. The topological polar surface area (TPSA) is 210 Å². The predicted molar refractivity (Wildman–Crippen MR) is 94.1 cm³/mol. The number of carbonyl (C=O) groups is 1. The average Bonchev–Trinajstić information content (AvgIpc) is 3.14. The van der Waals surface area contributed by atoms with Crippen molar-refractivity contribution in [3.05, 3.63) is 18.6 Å². The smallest absolute Gasteiger partial charge is 0.336 e. The fraction of sp³-hybridized carbons (Fsp3) is 0.500. The summed E-state index contributed by atoms with van der Waals surface area (Å²) in [6, 6.07) is 1.58. The number of fused-ring (bicyclic) bond motifs is 1. The van der Waals surface area contributed by atoms with E-state index in [0.717, 1.165) is 6.07 Å². The SMILES string of the molecule is CC1C(N(C)c2ncnc3[nH]ccc23)CN(C(=O)C(O)(O)C#N)C(O)(O)C1(O)O. The molecule has 13 heteroatoms. The lowest BCUT2D eigenvalue weighted by atomic mass is 9.83. The first-order chi connectivity index (χ1) is 13.4. The largest absolute Gasteiger partial charge is 0.360 e. The second kappa shape index (κ2) is 6.59. The van der Waals surface area contributed by atoms with Crippen LogP contribution in [0.3, 0.4) is 0 Å². The number of aromatic amines is 1. The van der Waals surface area contributed by atoms with Crippen molar-refractivity contribution in [1.29, 1.82) is 5.26 Å². The van der Waals surface area contributed by atoms with Crippen LogP contribution in [-0.2, 0) is 4.79 Å². The molecule has 156 valence electrons. The molecule has 29 heavy (non-hydrogen) atoms. The Hall–Kier alpha value is -2.86. The molecule has 1 aliphatic rings. The first kappa shape index (κ1) is 20.9. The molecule has 13 nitrogen and oxygen atoms in total. The Morgan fingerprint density at radius 3 is 2.66 bits per heavy atom. The summed E-state index contributed by atoms with van der Waals surface area (Å²) in [6.45, 7) is 0.696. The molecule has 7 N–H and O–H groups in total. The fourth-order valence-corrected chi connectivity index (χ4v) is 3.46. The number of piperidine rings is 1. The van der Waals surface area contributed by atoms with E-state index in [0.29, 0.717) is 16.9 Å². The number of aromatic nitrogens is 3. The van der Waals surface area contributed by atoms with Gasteiger partial charge in [0, 0.05) is 25.7 Å². The molecular formula is C16H20N6O7. The van der Waals surface area contributed by atoms with E-state index in [1.165, 1.54) is 25.2 Å². The van der Waals surface area contributed by atoms with Gasteiger partial charge in [-0.3, -0.25) is 9.69 Å². The third-order valence-corrected chi connectivity index (χ3v) is 5.32. The van der Waals surface area contributed by atoms with Gasteiger partial charge >= 0.3 is 17.6 Å². The molecule has 1 fully saturated rings. The number of rotatable bonds is 3. The van der Waals surface area contributed by atoms with Crippen LogP contribution < -0.4 is 4.90 Å². The first-order valence-corrected chi connectivity index (χ1v) is 8.44. The molecule has 0 spiro atoms. The van der Waals surface area contributed by atoms with E-state index in [-0.39, 0.29) is 4.90 Å². The van der Waals surface area contributed by atoms with E-state index in [1.807, 2.05) is 0 Å². The average molecular weight is 408 g/mol. The number of H-pyrrole nitrogens is 1.